The SMILES string of the molecule is CCCC1(C(=O)O)CCCN1C(=O)NCC(C)C1CC1. The third-order valence-electron chi connectivity index (χ3n) is 4.80. The van der Waals surface area contributed by atoms with Gasteiger partial charge in [0.25, 0.3) is 0 Å². The Morgan fingerprint density at radius 3 is 2.70 bits per heavy atom. The molecule has 0 radical (unpaired) electrons. The van der Waals surface area contributed by atoms with Crippen LogP contribution in [0, 0.1) is 11.8 Å². The Bertz CT molecular complexity index is 381. The van der Waals surface area contributed by atoms with Gasteiger partial charge in [-0.2, -0.15) is 0 Å². The molecule has 1 saturated carbocycles. The molecule has 0 bridgehead atoms. The summed E-state index contributed by atoms with van der Waals surface area (Å²) in [6, 6.07) is -0.203. The van der Waals surface area contributed by atoms with E-state index in [4.69, 9.17) is 0 Å². The summed E-state index contributed by atoms with van der Waals surface area (Å²) in [6.45, 7) is 5.32. The Balaban J connectivity index is 1.97. The highest BCUT2D eigenvalue weighted by molar-refractivity contribution is 5.87. The number of carbonyl (C=O) groups is 2. The van der Waals surface area contributed by atoms with Crippen molar-refractivity contribution >= 4 is 12.0 Å². The number of rotatable bonds is 6. The van der Waals surface area contributed by atoms with Crippen LogP contribution < -0.4 is 5.32 Å². The minimum absolute atomic E-state index is 0.203. The van der Waals surface area contributed by atoms with Crippen molar-refractivity contribution in [1.29, 1.82) is 0 Å². The monoisotopic (exact) mass is 282 g/mol. The van der Waals surface area contributed by atoms with Crippen LogP contribution in [0.5, 0.6) is 0 Å². The lowest BCUT2D eigenvalue weighted by molar-refractivity contribution is -0.148. The highest BCUT2D eigenvalue weighted by Gasteiger charge is 2.49. The fourth-order valence-electron chi connectivity index (χ4n) is 3.35. The summed E-state index contributed by atoms with van der Waals surface area (Å²) < 4.78 is 0. The first kappa shape index (κ1) is 15.1. The van der Waals surface area contributed by atoms with Crippen molar-refractivity contribution in [3.05, 3.63) is 0 Å². The molecule has 2 atom stereocenters. The molecule has 1 saturated heterocycles. The van der Waals surface area contributed by atoms with E-state index in [1.54, 1.807) is 4.90 Å². The van der Waals surface area contributed by atoms with Crippen molar-refractivity contribution < 1.29 is 14.7 Å². The summed E-state index contributed by atoms with van der Waals surface area (Å²) in [4.78, 5) is 25.6. The summed E-state index contributed by atoms with van der Waals surface area (Å²) in [5, 5.41) is 12.5. The van der Waals surface area contributed by atoms with Crippen LogP contribution in [0.15, 0.2) is 0 Å². The van der Waals surface area contributed by atoms with E-state index in [1.807, 2.05) is 6.92 Å². The van der Waals surface area contributed by atoms with Crippen molar-refractivity contribution in [3.8, 4) is 0 Å². The maximum Gasteiger partial charge on any atom is 0.329 e. The summed E-state index contributed by atoms with van der Waals surface area (Å²) in [5.41, 5.74) is -0.984. The second-order valence-corrected chi connectivity index (χ2v) is 6.34. The van der Waals surface area contributed by atoms with E-state index in [0.29, 0.717) is 31.8 Å². The highest BCUT2D eigenvalue weighted by atomic mass is 16.4. The topological polar surface area (TPSA) is 69.6 Å². The highest BCUT2D eigenvalue weighted by Crippen LogP contribution is 2.37. The molecule has 0 aromatic heterocycles. The van der Waals surface area contributed by atoms with Gasteiger partial charge in [-0.15, -0.1) is 0 Å². The minimum atomic E-state index is -0.984. The van der Waals surface area contributed by atoms with Crippen LogP contribution in [0.25, 0.3) is 0 Å². The summed E-state index contributed by atoms with van der Waals surface area (Å²) in [6.07, 6.45) is 5.17. The first-order chi connectivity index (χ1) is 9.51. The summed E-state index contributed by atoms with van der Waals surface area (Å²) in [5.74, 6) is 0.378. The molecular formula is C15H26N2O3. The molecule has 0 spiro atoms. The zero-order chi connectivity index (χ0) is 14.8. The fraction of sp³-hybridized carbons (Fsp3) is 0.867. The Morgan fingerprint density at radius 1 is 1.45 bits per heavy atom. The lowest BCUT2D eigenvalue weighted by Gasteiger charge is -2.34. The van der Waals surface area contributed by atoms with Gasteiger partial charge in [0.1, 0.15) is 5.54 Å². The van der Waals surface area contributed by atoms with Gasteiger partial charge in [0, 0.05) is 13.1 Å². The number of aliphatic carboxylic acids is 1. The number of likely N-dealkylation sites (tertiary alicyclic amines) is 1. The Morgan fingerprint density at radius 2 is 2.15 bits per heavy atom. The van der Waals surface area contributed by atoms with E-state index in [0.717, 1.165) is 18.8 Å². The van der Waals surface area contributed by atoms with Crippen LogP contribution in [0.1, 0.15) is 52.4 Å². The molecule has 2 unspecified atom stereocenters. The normalized spacial score (nSPS) is 27.4. The van der Waals surface area contributed by atoms with Crippen LogP contribution in [-0.4, -0.2) is 40.6 Å². The van der Waals surface area contributed by atoms with Gasteiger partial charge in [0.05, 0.1) is 0 Å². The number of nitrogens with one attached hydrogen (secondary N) is 1. The lowest BCUT2D eigenvalue weighted by Crippen LogP contribution is -2.56. The van der Waals surface area contributed by atoms with Crippen LogP contribution in [0.2, 0.25) is 0 Å². The van der Waals surface area contributed by atoms with E-state index < -0.39 is 11.5 Å². The fourth-order valence-corrected chi connectivity index (χ4v) is 3.35. The molecule has 0 aromatic carbocycles. The molecule has 1 aliphatic carbocycles. The average Bonchev–Trinajstić information content (AvgIpc) is 3.17. The van der Waals surface area contributed by atoms with Crippen LogP contribution in [0.4, 0.5) is 4.79 Å². The zero-order valence-electron chi connectivity index (χ0n) is 12.5. The number of carboxylic acid groups (broad SMARTS) is 1. The van der Waals surface area contributed by atoms with Gasteiger partial charge in [-0.05, 0) is 43.9 Å². The lowest BCUT2D eigenvalue weighted by atomic mass is 9.91. The van der Waals surface area contributed by atoms with Crippen molar-refractivity contribution in [1.82, 2.24) is 10.2 Å². The van der Waals surface area contributed by atoms with Gasteiger partial charge in [0.2, 0.25) is 0 Å². The van der Waals surface area contributed by atoms with Gasteiger partial charge < -0.3 is 15.3 Å². The van der Waals surface area contributed by atoms with Gasteiger partial charge in [-0.3, -0.25) is 0 Å². The zero-order valence-corrected chi connectivity index (χ0v) is 12.5. The summed E-state index contributed by atoms with van der Waals surface area (Å²) >= 11 is 0. The minimum Gasteiger partial charge on any atom is -0.479 e. The van der Waals surface area contributed by atoms with Crippen LogP contribution >= 0.6 is 0 Å². The molecule has 2 fully saturated rings. The molecule has 5 nitrogen and oxygen atoms in total. The number of urea groups is 1. The number of carboxylic acids is 1. The smallest absolute Gasteiger partial charge is 0.329 e. The number of amides is 2. The first-order valence-corrected chi connectivity index (χ1v) is 7.80. The Hall–Kier alpha value is -1.26. The van der Waals surface area contributed by atoms with E-state index in [1.165, 1.54) is 12.8 Å². The van der Waals surface area contributed by atoms with Crippen molar-refractivity contribution in [2.45, 2.75) is 57.9 Å². The molecular weight excluding hydrogens is 256 g/mol. The van der Waals surface area contributed by atoms with Gasteiger partial charge in [-0.25, -0.2) is 9.59 Å². The number of hydrogen-bond donors (Lipinski definition) is 2. The van der Waals surface area contributed by atoms with E-state index >= 15 is 0 Å². The second-order valence-electron chi connectivity index (χ2n) is 6.34. The van der Waals surface area contributed by atoms with E-state index in [2.05, 4.69) is 12.2 Å². The maximum atomic E-state index is 12.3. The van der Waals surface area contributed by atoms with Gasteiger partial charge in [0.15, 0.2) is 0 Å². The number of hydrogen-bond acceptors (Lipinski definition) is 2. The molecule has 5 heteroatoms. The third-order valence-corrected chi connectivity index (χ3v) is 4.80. The summed E-state index contributed by atoms with van der Waals surface area (Å²) in [7, 11) is 0. The molecule has 0 aromatic rings. The van der Waals surface area contributed by atoms with Crippen molar-refractivity contribution in [3.63, 3.8) is 0 Å². The standard InChI is InChI=1S/C15H26N2O3/c1-3-7-15(13(18)19)8-4-9-17(15)14(20)16-10-11(2)12-5-6-12/h11-12H,3-10H2,1-2H3,(H,16,20)(H,18,19). The predicted octanol–water partition coefficient (Wildman–Crippen LogP) is 2.46. The molecule has 2 N–H and O–H groups in total. The maximum absolute atomic E-state index is 12.3. The number of nitrogens with zero attached hydrogens (tertiary/aromatic N) is 1. The van der Waals surface area contributed by atoms with Crippen molar-refractivity contribution in [2.75, 3.05) is 13.1 Å². The molecule has 114 valence electrons. The quantitative estimate of drug-likeness (QED) is 0.786. The molecule has 2 rings (SSSR count). The second kappa shape index (κ2) is 6.02. The van der Waals surface area contributed by atoms with Crippen LogP contribution in [-0.2, 0) is 4.79 Å². The predicted molar refractivity (Wildman–Crippen MR) is 76.5 cm³/mol. The molecule has 1 heterocycles. The molecule has 20 heavy (non-hydrogen) atoms. The molecule has 2 amide bonds. The van der Waals surface area contributed by atoms with Gasteiger partial charge >= 0.3 is 12.0 Å². The van der Waals surface area contributed by atoms with Crippen LogP contribution in [0.3, 0.4) is 0 Å². The largest absolute Gasteiger partial charge is 0.479 e. The third kappa shape index (κ3) is 2.91. The van der Waals surface area contributed by atoms with Gasteiger partial charge in [-0.1, -0.05) is 20.3 Å². The van der Waals surface area contributed by atoms with Crippen molar-refractivity contribution in [2.24, 2.45) is 11.8 Å². The molecule has 2 aliphatic rings. The Labute approximate surface area is 120 Å². The average molecular weight is 282 g/mol. The molecule has 1 aliphatic heterocycles. The van der Waals surface area contributed by atoms with E-state index in [-0.39, 0.29) is 6.03 Å². The van der Waals surface area contributed by atoms with E-state index in [9.17, 15) is 14.7 Å². The Kier molecular flexibility index (Phi) is 4.55. The first-order valence-electron chi connectivity index (χ1n) is 7.80. The number of carbonyl (C=O) groups excluding carboxylic acids is 1.